The Hall–Kier alpha value is -2.00. The zero-order chi connectivity index (χ0) is 15.8. The van der Waals surface area contributed by atoms with Crippen LogP contribution in [0.5, 0.6) is 0 Å². The molecule has 0 aromatic heterocycles. The first-order chi connectivity index (χ1) is 9.70. The lowest BCUT2D eigenvalue weighted by Crippen LogP contribution is -2.36. The smallest absolute Gasteiger partial charge is 0.338 e. The van der Waals surface area contributed by atoms with Crippen molar-refractivity contribution in [3.05, 3.63) is 29.6 Å². The molecule has 1 aromatic carbocycles. The fourth-order valence-corrected chi connectivity index (χ4v) is 3.30. The summed E-state index contributed by atoms with van der Waals surface area (Å²) in [6, 6.07) is 1.95. The normalized spacial score (nSPS) is 19.0. The molecule has 1 aromatic rings. The Kier molecular flexibility index (Phi) is 3.97. The number of hydrogen-bond donors (Lipinski definition) is 2. The lowest BCUT2D eigenvalue weighted by Gasteiger charge is -2.13. The maximum atomic E-state index is 13.5. The van der Waals surface area contributed by atoms with Crippen LogP contribution in [-0.2, 0) is 14.8 Å². The highest BCUT2D eigenvalue weighted by Crippen LogP contribution is 2.17. The van der Waals surface area contributed by atoms with Gasteiger partial charge in [-0.1, -0.05) is 0 Å². The van der Waals surface area contributed by atoms with Crippen LogP contribution in [0.2, 0.25) is 0 Å². The largest absolute Gasteiger partial charge is 0.478 e. The molecule has 0 radical (unpaired) electrons. The van der Waals surface area contributed by atoms with Crippen molar-refractivity contribution in [1.29, 1.82) is 0 Å². The van der Waals surface area contributed by atoms with E-state index < -0.39 is 33.4 Å². The first-order valence-corrected chi connectivity index (χ1v) is 7.48. The molecule has 1 aliphatic rings. The van der Waals surface area contributed by atoms with Gasteiger partial charge in [0.2, 0.25) is 15.9 Å². The number of benzene rings is 1. The maximum Gasteiger partial charge on any atom is 0.338 e. The lowest BCUT2D eigenvalue weighted by atomic mass is 10.2. The number of carboxylic acids is 1. The van der Waals surface area contributed by atoms with Gasteiger partial charge in [-0.3, -0.25) is 4.79 Å². The Balaban J connectivity index is 2.22. The molecule has 0 saturated carbocycles. The molecular weight excluding hydrogens is 303 g/mol. The number of hydrogen-bond acceptors (Lipinski definition) is 4. The number of rotatable bonds is 4. The number of aromatic carboxylic acids is 1. The first-order valence-electron chi connectivity index (χ1n) is 6.00. The van der Waals surface area contributed by atoms with Crippen molar-refractivity contribution >= 4 is 21.9 Å². The predicted octanol–water partition coefficient (Wildman–Crippen LogP) is 0.0329. The Labute approximate surface area is 120 Å². The minimum Gasteiger partial charge on any atom is -0.478 e. The number of amides is 1. The van der Waals surface area contributed by atoms with E-state index in [4.69, 9.17) is 5.11 Å². The van der Waals surface area contributed by atoms with Crippen LogP contribution in [0.3, 0.4) is 0 Å². The van der Waals surface area contributed by atoms with Crippen molar-refractivity contribution in [3.63, 3.8) is 0 Å². The SMILES string of the molecule is CN1CC(NS(=O)(=O)c2ccc(C(=O)O)c(F)c2)CC1=O. The van der Waals surface area contributed by atoms with Gasteiger partial charge >= 0.3 is 5.97 Å². The third kappa shape index (κ3) is 3.19. The molecular formula is C12H13FN2O5S. The van der Waals surface area contributed by atoms with Crippen LogP contribution in [0, 0.1) is 5.82 Å². The van der Waals surface area contributed by atoms with Gasteiger partial charge in [0.25, 0.3) is 0 Å². The topological polar surface area (TPSA) is 104 Å². The zero-order valence-corrected chi connectivity index (χ0v) is 11.9. The molecule has 0 aliphatic carbocycles. The van der Waals surface area contributed by atoms with E-state index in [0.717, 1.165) is 12.1 Å². The average molecular weight is 316 g/mol. The van der Waals surface area contributed by atoms with E-state index in [1.54, 1.807) is 7.05 Å². The van der Waals surface area contributed by atoms with Crippen molar-refractivity contribution < 1.29 is 27.5 Å². The molecule has 1 atom stereocenters. The Morgan fingerprint density at radius 1 is 1.48 bits per heavy atom. The summed E-state index contributed by atoms with van der Waals surface area (Å²) < 4.78 is 40.0. The molecule has 1 unspecified atom stereocenters. The van der Waals surface area contributed by atoms with E-state index in [2.05, 4.69) is 4.72 Å². The van der Waals surface area contributed by atoms with Crippen LogP contribution in [0.25, 0.3) is 0 Å². The summed E-state index contributed by atoms with van der Waals surface area (Å²) in [5.41, 5.74) is -0.607. The number of carboxylic acid groups (broad SMARTS) is 1. The average Bonchev–Trinajstić information content (AvgIpc) is 2.66. The van der Waals surface area contributed by atoms with Crippen LogP contribution >= 0.6 is 0 Å². The lowest BCUT2D eigenvalue weighted by molar-refractivity contribution is -0.126. The molecule has 114 valence electrons. The number of nitrogens with zero attached hydrogens (tertiary/aromatic N) is 1. The molecule has 1 aliphatic heterocycles. The Morgan fingerprint density at radius 3 is 2.62 bits per heavy atom. The zero-order valence-electron chi connectivity index (χ0n) is 11.0. The highest BCUT2D eigenvalue weighted by Gasteiger charge is 2.31. The van der Waals surface area contributed by atoms with E-state index in [-0.39, 0.29) is 23.8 Å². The van der Waals surface area contributed by atoms with Gasteiger partial charge in [0.15, 0.2) is 0 Å². The fraction of sp³-hybridized carbons (Fsp3) is 0.333. The number of carbonyl (C=O) groups excluding carboxylic acids is 1. The van der Waals surface area contributed by atoms with Gasteiger partial charge in [0.05, 0.1) is 10.5 Å². The monoisotopic (exact) mass is 316 g/mol. The molecule has 1 amide bonds. The molecule has 7 nitrogen and oxygen atoms in total. The number of likely N-dealkylation sites (N-methyl/N-ethyl adjacent to an activating group) is 1. The van der Waals surface area contributed by atoms with Crippen LogP contribution in [-0.4, -0.2) is 49.9 Å². The summed E-state index contributed by atoms with van der Waals surface area (Å²) in [7, 11) is -2.46. The fourth-order valence-electron chi connectivity index (χ4n) is 2.07. The van der Waals surface area contributed by atoms with Gasteiger partial charge in [0, 0.05) is 26.1 Å². The summed E-state index contributed by atoms with van der Waals surface area (Å²) in [6.45, 7) is 0.230. The first kappa shape index (κ1) is 15.4. The number of likely N-dealkylation sites (tertiary alicyclic amines) is 1. The minimum absolute atomic E-state index is 0.0332. The van der Waals surface area contributed by atoms with Crippen LogP contribution in [0.1, 0.15) is 16.8 Å². The molecule has 1 saturated heterocycles. The summed E-state index contributed by atoms with van der Waals surface area (Å²) in [5.74, 6) is -2.80. The maximum absolute atomic E-state index is 13.5. The van der Waals surface area contributed by atoms with E-state index in [1.807, 2.05) is 0 Å². The molecule has 0 spiro atoms. The van der Waals surface area contributed by atoms with Gasteiger partial charge in [-0.15, -0.1) is 0 Å². The van der Waals surface area contributed by atoms with Gasteiger partial charge in [-0.25, -0.2) is 22.3 Å². The van der Waals surface area contributed by atoms with Crippen molar-refractivity contribution in [2.45, 2.75) is 17.4 Å². The molecule has 2 N–H and O–H groups in total. The van der Waals surface area contributed by atoms with Gasteiger partial charge in [-0.05, 0) is 18.2 Å². The van der Waals surface area contributed by atoms with E-state index in [1.165, 1.54) is 4.90 Å². The molecule has 9 heteroatoms. The van der Waals surface area contributed by atoms with Crippen molar-refractivity contribution in [3.8, 4) is 0 Å². The number of nitrogens with one attached hydrogen (secondary N) is 1. The molecule has 2 rings (SSSR count). The third-order valence-electron chi connectivity index (χ3n) is 3.14. The highest BCUT2D eigenvalue weighted by atomic mass is 32.2. The van der Waals surface area contributed by atoms with Crippen molar-refractivity contribution in [2.75, 3.05) is 13.6 Å². The number of halogens is 1. The van der Waals surface area contributed by atoms with Crippen molar-refractivity contribution in [1.82, 2.24) is 9.62 Å². The summed E-state index contributed by atoms with van der Waals surface area (Å²) in [6.07, 6.45) is 0.0332. The number of carbonyl (C=O) groups is 2. The molecule has 0 bridgehead atoms. The molecule has 1 heterocycles. The van der Waals surface area contributed by atoms with Crippen LogP contribution in [0.4, 0.5) is 4.39 Å². The van der Waals surface area contributed by atoms with Crippen LogP contribution < -0.4 is 4.72 Å². The summed E-state index contributed by atoms with van der Waals surface area (Å²) in [5, 5.41) is 8.70. The Bertz CT molecular complexity index is 704. The minimum atomic E-state index is -4.02. The molecule has 1 fully saturated rings. The predicted molar refractivity (Wildman–Crippen MR) is 69.7 cm³/mol. The van der Waals surface area contributed by atoms with Crippen molar-refractivity contribution in [2.24, 2.45) is 0 Å². The second kappa shape index (κ2) is 5.41. The van der Waals surface area contributed by atoms with E-state index >= 15 is 0 Å². The quantitative estimate of drug-likeness (QED) is 0.816. The van der Waals surface area contributed by atoms with Crippen LogP contribution in [0.15, 0.2) is 23.1 Å². The van der Waals surface area contributed by atoms with E-state index in [9.17, 15) is 22.4 Å². The number of sulfonamides is 1. The highest BCUT2D eigenvalue weighted by molar-refractivity contribution is 7.89. The Morgan fingerprint density at radius 2 is 2.14 bits per heavy atom. The second-order valence-electron chi connectivity index (χ2n) is 4.74. The van der Waals surface area contributed by atoms with E-state index in [0.29, 0.717) is 6.07 Å². The second-order valence-corrected chi connectivity index (χ2v) is 6.46. The third-order valence-corrected chi connectivity index (χ3v) is 4.66. The van der Waals surface area contributed by atoms with Gasteiger partial charge in [-0.2, -0.15) is 0 Å². The standard InChI is InChI=1S/C12H13FN2O5S/c1-15-6-7(4-11(15)16)14-21(19,20)8-2-3-9(12(17)18)10(13)5-8/h2-3,5,7,14H,4,6H2,1H3,(H,17,18). The van der Waals surface area contributed by atoms with Gasteiger partial charge < -0.3 is 10.0 Å². The molecule has 21 heavy (non-hydrogen) atoms. The summed E-state index contributed by atoms with van der Waals surface area (Å²) in [4.78, 5) is 23.0. The summed E-state index contributed by atoms with van der Waals surface area (Å²) >= 11 is 0. The van der Waals surface area contributed by atoms with Gasteiger partial charge in [0.1, 0.15) is 5.82 Å².